The average molecular weight is 277 g/mol. The van der Waals surface area contributed by atoms with Gasteiger partial charge in [-0.1, -0.05) is 23.8 Å². The van der Waals surface area contributed by atoms with Gasteiger partial charge in [0, 0.05) is 6.20 Å². The summed E-state index contributed by atoms with van der Waals surface area (Å²) in [6.45, 7) is 3.75. The summed E-state index contributed by atoms with van der Waals surface area (Å²) in [6.07, 6.45) is 1.68. The van der Waals surface area contributed by atoms with Gasteiger partial charge in [-0.2, -0.15) is 8.42 Å². The van der Waals surface area contributed by atoms with E-state index in [0.717, 1.165) is 11.1 Å². The molecule has 0 fully saturated rings. The molecule has 2 aromatic rings. The van der Waals surface area contributed by atoms with Crippen LogP contribution < -0.4 is 0 Å². The number of hydrogen-bond acceptors (Lipinski definition) is 4. The van der Waals surface area contributed by atoms with Crippen molar-refractivity contribution in [3.05, 3.63) is 59.4 Å². The van der Waals surface area contributed by atoms with Gasteiger partial charge in [-0.05, 0) is 37.6 Å². The normalized spacial score (nSPS) is 11.5. The molecule has 0 N–H and O–H groups in total. The van der Waals surface area contributed by atoms with Gasteiger partial charge in [-0.25, -0.2) is 0 Å². The molecule has 100 valence electrons. The van der Waals surface area contributed by atoms with E-state index in [1.165, 1.54) is 12.1 Å². The third-order valence-corrected chi connectivity index (χ3v) is 3.92. The lowest BCUT2D eigenvalue weighted by Crippen LogP contribution is -2.07. The Kier molecular flexibility index (Phi) is 3.97. The van der Waals surface area contributed by atoms with Crippen LogP contribution in [0.15, 0.2) is 47.5 Å². The molecule has 1 aromatic heterocycles. The number of rotatable bonds is 4. The minimum atomic E-state index is -3.73. The highest BCUT2D eigenvalue weighted by molar-refractivity contribution is 7.86. The lowest BCUT2D eigenvalue weighted by molar-refractivity contribution is 0.303. The van der Waals surface area contributed by atoms with Crippen LogP contribution in [0.5, 0.6) is 0 Å². The van der Waals surface area contributed by atoms with E-state index in [9.17, 15) is 8.42 Å². The van der Waals surface area contributed by atoms with Crippen LogP contribution in [-0.2, 0) is 20.9 Å². The van der Waals surface area contributed by atoms with E-state index in [4.69, 9.17) is 4.18 Å². The van der Waals surface area contributed by atoms with Crippen molar-refractivity contribution in [2.24, 2.45) is 0 Å². The molecule has 5 heteroatoms. The standard InChI is InChI=1S/C14H15NO3S/c1-11-4-7-14(8-5-11)19(16,17)18-10-13-6-3-12(2)9-15-13/h3-9H,10H2,1-2H3. The average Bonchev–Trinajstić information content (AvgIpc) is 2.39. The molecule has 0 bridgehead atoms. The fraction of sp³-hybridized carbons (Fsp3) is 0.214. The van der Waals surface area contributed by atoms with Gasteiger partial charge >= 0.3 is 0 Å². The van der Waals surface area contributed by atoms with Gasteiger partial charge in [0.15, 0.2) is 0 Å². The summed E-state index contributed by atoms with van der Waals surface area (Å²) in [7, 11) is -3.73. The van der Waals surface area contributed by atoms with E-state index >= 15 is 0 Å². The Balaban J connectivity index is 2.09. The summed E-state index contributed by atoms with van der Waals surface area (Å²) in [5.41, 5.74) is 2.60. The molecule has 0 aliphatic heterocycles. The zero-order chi connectivity index (χ0) is 13.9. The Bertz CT molecular complexity index is 646. The maximum atomic E-state index is 11.9. The highest BCUT2D eigenvalue weighted by Gasteiger charge is 2.15. The topological polar surface area (TPSA) is 56.3 Å². The number of benzene rings is 1. The molecule has 1 heterocycles. The Morgan fingerprint density at radius 3 is 2.21 bits per heavy atom. The van der Waals surface area contributed by atoms with E-state index < -0.39 is 10.1 Å². The first kappa shape index (κ1) is 13.7. The Hall–Kier alpha value is -1.72. The van der Waals surface area contributed by atoms with Gasteiger partial charge in [0.1, 0.15) is 6.61 Å². The predicted octanol–water partition coefficient (Wildman–Crippen LogP) is 2.60. The molecular weight excluding hydrogens is 262 g/mol. The molecule has 0 saturated heterocycles. The first-order valence-corrected chi connectivity index (χ1v) is 7.26. The maximum Gasteiger partial charge on any atom is 0.297 e. The lowest BCUT2D eigenvalue weighted by atomic mass is 10.2. The summed E-state index contributed by atoms with van der Waals surface area (Å²) in [5.74, 6) is 0. The van der Waals surface area contributed by atoms with Crippen LogP contribution in [0, 0.1) is 13.8 Å². The molecule has 0 aliphatic rings. The van der Waals surface area contributed by atoms with Crippen molar-refractivity contribution in [1.29, 1.82) is 0 Å². The summed E-state index contributed by atoms with van der Waals surface area (Å²) < 4.78 is 28.9. The van der Waals surface area contributed by atoms with Gasteiger partial charge in [0.05, 0.1) is 10.6 Å². The van der Waals surface area contributed by atoms with Crippen LogP contribution in [0.3, 0.4) is 0 Å². The summed E-state index contributed by atoms with van der Waals surface area (Å²) >= 11 is 0. The highest BCUT2D eigenvalue weighted by Crippen LogP contribution is 2.14. The van der Waals surface area contributed by atoms with Gasteiger partial charge in [0.25, 0.3) is 10.1 Å². The van der Waals surface area contributed by atoms with Crippen LogP contribution in [0.25, 0.3) is 0 Å². The molecule has 0 unspecified atom stereocenters. The van der Waals surface area contributed by atoms with Crippen molar-refractivity contribution in [3.63, 3.8) is 0 Å². The third-order valence-electron chi connectivity index (χ3n) is 2.64. The molecule has 0 saturated carbocycles. The molecule has 0 spiro atoms. The first-order chi connectivity index (χ1) is 8.97. The molecule has 0 aliphatic carbocycles. The van der Waals surface area contributed by atoms with Gasteiger partial charge in [0.2, 0.25) is 0 Å². The molecular formula is C14H15NO3S. The fourth-order valence-corrected chi connectivity index (χ4v) is 2.38. The van der Waals surface area contributed by atoms with Crippen LogP contribution in [0.4, 0.5) is 0 Å². The van der Waals surface area contributed by atoms with E-state index in [2.05, 4.69) is 4.98 Å². The van der Waals surface area contributed by atoms with Crippen LogP contribution in [-0.4, -0.2) is 13.4 Å². The van der Waals surface area contributed by atoms with E-state index in [1.807, 2.05) is 19.9 Å². The Morgan fingerprint density at radius 1 is 1.00 bits per heavy atom. The molecule has 2 rings (SSSR count). The van der Waals surface area contributed by atoms with E-state index in [0.29, 0.717) is 5.69 Å². The number of nitrogens with zero attached hydrogens (tertiary/aromatic N) is 1. The Morgan fingerprint density at radius 2 is 1.63 bits per heavy atom. The second-order valence-corrected chi connectivity index (χ2v) is 5.97. The quantitative estimate of drug-likeness (QED) is 0.806. The Labute approximate surface area is 113 Å². The van der Waals surface area contributed by atoms with Crippen molar-refractivity contribution in [3.8, 4) is 0 Å². The van der Waals surface area contributed by atoms with Crippen molar-refractivity contribution in [1.82, 2.24) is 4.98 Å². The molecule has 0 radical (unpaired) electrons. The largest absolute Gasteiger partial charge is 0.297 e. The number of aromatic nitrogens is 1. The number of hydrogen-bond donors (Lipinski definition) is 0. The third kappa shape index (κ3) is 3.62. The minimum Gasteiger partial charge on any atom is -0.260 e. The predicted molar refractivity (Wildman–Crippen MR) is 72.1 cm³/mol. The molecule has 0 amide bonds. The number of pyridine rings is 1. The molecule has 0 atom stereocenters. The molecule has 4 nitrogen and oxygen atoms in total. The monoisotopic (exact) mass is 277 g/mol. The van der Waals surface area contributed by atoms with Crippen molar-refractivity contribution in [2.45, 2.75) is 25.3 Å². The highest BCUT2D eigenvalue weighted by atomic mass is 32.2. The van der Waals surface area contributed by atoms with Crippen LogP contribution in [0.1, 0.15) is 16.8 Å². The second kappa shape index (κ2) is 5.50. The first-order valence-electron chi connectivity index (χ1n) is 5.85. The summed E-state index contributed by atoms with van der Waals surface area (Å²) in [4.78, 5) is 4.26. The zero-order valence-electron chi connectivity index (χ0n) is 10.8. The van der Waals surface area contributed by atoms with Gasteiger partial charge < -0.3 is 0 Å². The maximum absolute atomic E-state index is 11.9. The zero-order valence-corrected chi connectivity index (χ0v) is 11.6. The molecule has 19 heavy (non-hydrogen) atoms. The van der Waals surface area contributed by atoms with Gasteiger partial charge in [-0.15, -0.1) is 0 Å². The van der Waals surface area contributed by atoms with Crippen LogP contribution >= 0.6 is 0 Å². The fourth-order valence-electron chi connectivity index (χ4n) is 1.49. The van der Waals surface area contributed by atoms with Crippen molar-refractivity contribution in [2.75, 3.05) is 0 Å². The van der Waals surface area contributed by atoms with Crippen LogP contribution in [0.2, 0.25) is 0 Å². The van der Waals surface area contributed by atoms with Gasteiger partial charge in [-0.3, -0.25) is 9.17 Å². The SMILES string of the molecule is Cc1ccc(S(=O)(=O)OCc2ccc(C)cn2)cc1. The van der Waals surface area contributed by atoms with Crippen molar-refractivity contribution >= 4 is 10.1 Å². The van der Waals surface area contributed by atoms with E-state index in [-0.39, 0.29) is 11.5 Å². The molecule has 1 aromatic carbocycles. The summed E-state index contributed by atoms with van der Waals surface area (Å²) in [5, 5.41) is 0. The van der Waals surface area contributed by atoms with E-state index in [1.54, 1.807) is 24.4 Å². The summed E-state index contributed by atoms with van der Waals surface area (Å²) in [6, 6.07) is 10.2. The second-order valence-electron chi connectivity index (χ2n) is 4.36. The van der Waals surface area contributed by atoms with Crippen molar-refractivity contribution < 1.29 is 12.6 Å². The smallest absolute Gasteiger partial charge is 0.260 e. The minimum absolute atomic E-state index is 0.0590. The lowest BCUT2D eigenvalue weighted by Gasteiger charge is -2.05. The number of aryl methyl sites for hydroxylation is 2.